The van der Waals surface area contributed by atoms with Gasteiger partial charge in [-0.3, -0.25) is 9.69 Å². The third-order valence-corrected chi connectivity index (χ3v) is 6.25. The molecule has 3 heteroatoms. The summed E-state index contributed by atoms with van der Waals surface area (Å²) in [6, 6.07) is 11.1. The Morgan fingerprint density at radius 2 is 1.76 bits per heavy atom. The van der Waals surface area contributed by atoms with Crippen molar-refractivity contribution in [1.82, 2.24) is 10.2 Å². The lowest BCUT2D eigenvalue weighted by Crippen LogP contribution is -2.45. The number of carbonyl (C=O) groups is 1. The van der Waals surface area contributed by atoms with E-state index in [9.17, 15) is 4.79 Å². The van der Waals surface area contributed by atoms with Gasteiger partial charge >= 0.3 is 0 Å². The van der Waals surface area contributed by atoms with Crippen LogP contribution in [0.1, 0.15) is 46.1 Å². The van der Waals surface area contributed by atoms with Crippen LogP contribution in [0, 0.1) is 29.6 Å². The Kier molecular flexibility index (Phi) is 5.83. The predicted octanol–water partition coefficient (Wildman–Crippen LogP) is 3.94. The van der Waals surface area contributed by atoms with Gasteiger partial charge in [-0.1, -0.05) is 58.0 Å². The van der Waals surface area contributed by atoms with E-state index in [1.54, 1.807) is 0 Å². The van der Waals surface area contributed by atoms with E-state index in [1.807, 2.05) is 0 Å². The summed E-state index contributed by atoms with van der Waals surface area (Å²) in [6.45, 7) is 12.0. The molecule has 25 heavy (non-hydrogen) atoms. The molecule has 2 fully saturated rings. The quantitative estimate of drug-likeness (QED) is 0.849. The smallest absolute Gasteiger partial charge is 0.223 e. The SMILES string of the molecule is CC(C)C(C(=O)N[C@@H]1CC[C@H]2CN(Cc3ccccc3)C[C@H]21)C(C)C. The maximum Gasteiger partial charge on any atom is 0.223 e. The van der Waals surface area contributed by atoms with Gasteiger partial charge in [0, 0.05) is 31.6 Å². The molecule has 1 aliphatic heterocycles. The summed E-state index contributed by atoms with van der Waals surface area (Å²) < 4.78 is 0. The number of amides is 1. The maximum absolute atomic E-state index is 12.8. The van der Waals surface area contributed by atoms with E-state index in [4.69, 9.17) is 0 Å². The normalized spacial score (nSPS) is 26.6. The van der Waals surface area contributed by atoms with Gasteiger partial charge in [0.25, 0.3) is 0 Å². The first-order valence-electron chi connectivity index (χ1n) is 10.0. The number of fused-ring (bicyclic) bond motifs is 1. The van der Waals surface area contributed by atoms with Crippen LogP contribution in [0.15, 0.2) is 30.3 Å². The average molecular weight is 343 g/mol. The van der Waals surface area contributed by atoms with Crippen molar-refractivity contribution in [1.29, 1.82) is 0 Å². The van der Waals surface area contributed by atoms with Crippen molar-refractivity contribution < 1.29 is 4.79 Å². The van der Waals surface area contributed by atoms with Crippen LogP contribution in [0.25, 0.3) is 0 Å². The molecular formula is C22H34N2O. The summed E-state index contributed by atoms with van der Waals surface area (Å²) in [5, 5.41) is 3.43. The zero-order chi connectivity index (χ0) is 18.0. The molecule has 1 saturated heterocycles. The molecule has 1 saturated carbocycles. The van der Waals surface area contributed by atoms with Gasteiger partial charge < -0.3 is 5.32 Å². The van der Waals surface area contributed by atoms with Gasteiger partial charge in [-0.25, -0.2) is 0 Å². The van der Waals surface area contributed by atoms with E-state index >= 15 is 0 Å². The van der Waals surface area contributed by atoms with Crippen molar-refractivity contribution >= 4 is 5.91 Å². The molecule has 1 aromatic rings. The molecule has 1 aliphatic carbocycles. The molecule has 0 aromatic heterocycles. The summed E-state index contributed by atoms with van der Waals surface area (Å²) in [4.78, 5) is 15.4. The van der Waals surface area contributed by atoms with Gasteiger partial charge in [0.2, 0.25) is 5.91 Å². The highest BCUT2D eigenvalue weighted by Crippen LogP contribution is 2.39. The van der Waals surface area contributed by atoms with Crippen LogP contribution in [0.4, 0.5) is 0 Å². The van der Waals surface area contributed by atoms with Gasteiger partial charge in [-0.15, -0.1) is 0 Å². The Morgan fingerprint density at radius 1 is 1.08 bits per heavy atom. The van der Waals surface area contributed by atoms with E-state index in [2.05, 4.69) is 68.2 Å². The number of likely N-dealkylation sites (tertiary alicyclic amines) is 1. The second-order valence-corrected chi connectivity index (χ2v) is 8.81. The van der Waals surface area contributed by atoms with Crippen molar-refractivity contribution in [2.45, 2.75) is 53.1 Å². The predicted molar refractivity (Wildman–Crippen MR) is 103 cm³/mol. The monoisotopic (exact) mass is 342 g/mol. The lowest BCUT2D eigenvalue weighted by molar-refractivity contribution is -0.128. The second kappa shape index (κ2) is 7.90. The Labute approximate surface area is 153 Å². The maximum atomic E-state index is 12.8. The van der Waals surface area contributed by atoms with E-state index in [-0.39, 0.29) is 11.8 Å². The molecule has 2 aliphatic rings. The van der Waals surface area contributed by atoms with Crippen LogP contribution in [0.2, 0.25) is 0 Å². The molecule has 1 aromatic carbocycles. The van der Waals surface area contributed by atoms with Crippen LogP contribution < -0.4 is 5.32 Å². The van der Waals surface area contributed by atoms with Crippen molar-refractivity contribution in [3.05, 3.63) is 35.9 Å². The van der Waals surface area contributed by atoms with Crippen LogP contribution in [0.5, 0.6) is 0 Å². The highest BCUT2D eigenvalue weighted by Gasteiger charge is 2.43. The van der Waals surface area contributed by atoms with E-state index in [0.717, 1.165) is 25.4 Å². The standard InChI is InChI=1S/C22H34N2O/c1-15(2)21(16(3)4)22(25)23-20-11-10-18-13-24(14-19(18)20)12-17-8-6-5-7-9-17/h5-9,15-16,18-21H,10-14H2,1-4H3,(H,23,25)/t18-,19+,20+/m0/s1. The van der Waals surface area contributed by atoms with Crippen LogP contribution in [0.3, 0.4) is 0 Å². The number of carbonyl (C=O) groups excluding carboxylic acids is 1. The van der Waals surface area contributed by atoms with Crippen molar-refractivity contribution in [3.63, 3.8) is 0 Å². The van der Waals surface area contributed by atoms with E-state index in [1.165, 1.54) is 18.5 Å². The van der Waals surface area contributed by atoms with E-state index in [0.29, 0.717) is 23.8 Å². The van der Waals surface area contributed by atoms with Gasteiger partial charge in [-0.2, -0.15) is 0 Å². The minimum atomic E-state index is 0.126. The molecule has 0 spiro atoms. The number of nitrogens with zero attached hydrogens (tertiary/aromatic N) is 1. The highest BCUT2D eigenvalue weighted by atomic mass is 16.2. The molecule has 3 nitrogen and oxygen atoms in total. The van der Waals surface area contributed by atoms with E-state index < -0.39 is 0 Å². The van der Waals surface area contributed by atoms with Gasteiger partial charge in [0.1, 0.15) is 0 Å². The van der Waals surface area contributed by atoms with Gasteiger partial charge in [0.05, 0.1) is 0 Å². The van der Waals surface area contributed by atoms with Gasteiger partial charge in [0.15, 0.2) is 0 Å². The van der Waals surface area contributed by atoms with Crippen LogP contribution in [-0.4, -0.2) is 29.9 Å². The Hall–Kier alpha value is -1.35. The number of hydrogen-bond donors (Lipinski definition) is 1. The number of benzene rings is 1. The fourth-order valence-corrected chi connectivity index (χ4v) is 5.16. The molecule has 1 heterocycles. The Balaban J connectivity index is 1.58. The molecule has 3 atom stereocenters. The highest BCUT2D eigenvalue weighted by molar-refractivity contribution is 5.79. The largest absolute Gasteiger partial charge is 0.353 e. The Bertz CT molecular complexity index is 561. The van der Waals surface area contributed by atoms with Crippen molar-refractivity contribution in [2.75, 3.05) is 13.1 Å². The summed E-state index contributed by atoms with van der Waals surface area (Å²) in [5.74, 6) is 2.59. The van der Waals surface area contributed by atoms with Crippen LogP contribution >= 0.6 is 0 Å². The van der Waals surface area contributed by atoms with Crippen molar-refractivity contribution in [3.8, 4) is 0 Å². The first-order chi connectivity index (χ1) is 12.0. The Morgan fingerprint density at radius 3 is 2.40 bits per heavy atom. The minimum absolute atomic E-state index is 0.126. The van der Waals surface area contributed by atoms with Gasteiger partial charge in [-0.05, 0) is 42.1 Å². The number of hydrogen-bond acceptors (Lipinski definition) is 2. The lowest BCUT2D eigenvalue weighted by atomic mass is 9.84. The zero-order valence-corrected chi connectivity index (χ0v) is 16.2. The fraction of sp³-hybridized carbons (Fsp3) is 0.682. The number of nitrogens with one attached hydrogen (secondary N) is 1. The number of rotatable bonds is 6. The third-order valence-electron chi connectivity index (χ3n) is 6.25. The molecular weight excluding hydrogens is 308 g/mol. The summed E-state index contributed by atoms with van der Waals surface area (Å²) >= 11 is 0. The molecule has 1 amide bonds. The fourth-order valence-electron chi connectivity index (χ4n) is 5.16. The summed E-state index contributed by atoms with van der Waals surface area (Å²) in [6.07, 6.45) is 2.41. The van der Waals surface area contributed by atoms with Crippen LogP contribution in [-0.2, 0) is 11.3 Å². The van der Waals surface area contributed by atoms with Crippen molar-refractivity contribution in [2.24, 2.45) is 29.6 Å². The molecule has 3 rings (SSSR count). The average Bonchev–Trinajstić information content (AvgIpc) is 3.09. The third kappa shape index (κ3) is 4.25. The second-order valence-electron chi connectivity index (χ2n) is 8.81. The molecule has 138 valence electrons. The molecule has 1 N–H and O–H groups in total. The first-order valence-corrected chi connectivity index (χ1v) is 10.0. The zero-order valence-electron chi connectivity index (χ0n) is 16.2. The lowest BCUT2D eigenvalue weighted by Gasteiger charge is -2.28. The molecule has 0 unspecified atom stereocenters. The molecule has 0 bridgehead atoms. The summed E-state index contributed by atoms with van der Waals surface area (Å²) in [5.41, 5.74) is 1.39. The topological polar surface area (TPSA) is 32.3 Å². The molecule has 0 radical (unpaired) electrons. The summed E-state index contributed by atoms with van der Waals surface area (Å²) in [7, 11) is 0. The first kappa shape index (κ1) is 18.4. The minimum Gasteiger partial charge on any atom is -0.353 e.